The Hall–Kier alpha value is -3.90. The first-order valence-electron chi connectivity index (χ1n) is 14.3. The first-order chi connectivity index (χ1) is 20.5. The number of rotatable bonds is 7. The number of carbonyl (C=O) groups excluding carboxylic acids is 2. The van der Waals surface area contributed by atoms with E-state index in [0.29, 0.717) is 55.6 Å². The fraction of sp³-hybridized carbons (Fsp3) is 0.533. The maximum Gasteiger partial charge on any atom is 0.586 e. The lowest BCUT2D eigenvalue weighted by Gasteiger charge is -2.40. The van der Waals surface area contributed by atoms with Gasteiger partial charge in [0.1, 0.15) is 35.4 Å². The van der Waals surface area contributed by atoms with Crippen LogP contribution in [0, 0.1) is 11.8 Å². The summed E-state index contributed by atoms with van der Waals surface area (Å²) in [7, 11) is 0. The summed E-state index contributed by atoms with van der Waals surface area (Å²) in [5, 5.41) is 3.07. The number of amides is 1. The Kier molecular flexibility index (Phi) is 7.45. The van der Waals surface area contributed by atoms with Crippen molar-refractivity contribution >= 4 is 11.9 Å². The number of nitrogens with one attached hydrogen (secondary N) is 1. The fourth-order valence-corrected chi connectivity index (χ4v) is 6.40. The molecule has 0 bridgehead atoms. The van der Waals surface area contributed by atoms with Crippen molar-refractivity contribution in [2.75, 3.05) is 13.2 Å². The van der Waals surface area contributed by atoms with Crippen LogP contribution in [-0.4, -0.2) is 44.1 Å². The second kappa shape index (κ2) is 11.0. The fourth-order valence-electron chi connectivity index (χ4n) is 6.40. The summed E-state index contributed by atoms with van der Waals surface area (Å²) in [5.74, 6) is -0.702. The monoisotopic (exact) mass is 609 g/mol. The molecule has 232 valence electrons. The Morgan fingerprint density at radius 3 is 2.44 bits per heavy atom. The van der Waals surface area contributed by atoms with Crippen LogP contribution >= 0.6 is 0 Å². The topological polar surface area (TPSA) is 102 Å². The highest BCUT2D eigenvalue weighted by atomic mass is 19.3. The van der Waals surface area contributed by atoms with Crippen molar-refractivity contribution in [3.8, 4) is 28.7 Å². The average Bonchev–Trinajstić information content (AvgIpc) is 3.45. The minimum Gasteiger partial charge on any atom is -0.492 e. The second-order valence-corrected chi connectivity index (χ2v) is 11.4. The Bertz CT molecular complexity index is 1410. The van der Waals surface area contributed by atoms with Crippen LogP contribution in [0.25, 0.3) is 0 Å². The lowest BCUT2D eigenvalue weighted by molar-refractivity contribution is -0.286. The molecule has 0 spiro atoms. The van der Waals surface area contributed by atoms with Crippen LogP contribution in [0.1, 0.15) is 63.1 Å². The summed E-state index contributed by atoms with van der Waals surface area (Å²) < 4.78 is 84.1. The average molecular weight is 610 g/mol. The van der Waals surface area contributed by atoms with Crippen LogP contribution in [0.4, 0.5) is 17.6 Å². The molecule has 2 aromatic carbocycles. The van der Waals surface area contributed by atoms with E-state index in [1.807, 2.05) is 0 Å². The molecule has 0 saturated heterocycles. The van der Waals surface area contributed by atoms with Gasteiger partial charge in [-0.2, -0.15) is 8.78 Å². The Balaban J connectivity index is 1.24. The normalized spacial score (nSPS) is 28.3. The molecule has 0 radical (unpaired) electrons. The Morgan fingerprint density at radius 2 is 1.74 bits per heavy atom. The molecule has 2 aromatic rings. The number of alkyl halides is 4. The SMILES string of the molecule is CCOC(=O)[C@H]1CC[C@H]([C@@H]2C[C@H](NC(=O)[C@@]3(C)COc4cc5c(cc43)OC(F)(F)O5)c3ccc(OC(F)F)cc3O2)CC1. The van der Waals surface area contributed by atoms with Crippen LogP contribution in [-0.2, 0) is 19.7 Å². The molecule has 4 aliphatic rings. The van der Waals surface area contributed by atoms with Crippen molar-refractivity contribution in [3.63, 3.8) is 0 Å². The largest absolute Gasteiger partial charge is 0.586 e. The standard InChI is InChI=1S/C30H31F4NO8/c1-3-38-26(36)16-6-4-15(5-7-16)21-12-20(18-9-8-17(40-28(31)32)10-22(18)41-21)35-27(37)29(2)14-39-23-13-25-24(11-19(23)29)42-30(33,34)43-25/h8-11,13,15-16,20-21,28H,3-7,12,14H2,1-2H3,(H,35,37)/t15-,16-,20-,21-,29-/m0/s1. The summed E-state index contributed by atoms with van der Waals surface area (Å²) in [4.78, 5) is 26.1. The molecule has 1 saturated carbocycles. The quantitative estimate of drug-likeness (QED) is 0.318. The lowest BCUT2D eigenvalue weighted by atomic mass is 9.76. The van der Waals surface area contributed by atoms with E-state index in [0.717, 1.165) is 0 Å². The maximum atomic E-state index is 13.9. The van der Waals surface area contributed by atoms with Crippen molar-refractivity contribution in [2.24, 2.45) is 11.8 Å². The molecule has 43 heavy (non-hydrogen) atoms. The smallest absolute Gasteiger partial charge is 0.492 e. The first-order valence-corrected chi connectivity index (χ1v) is 14.3. The zero-order chi connectivity index (χ0) is 30.5. The number of hydrogen-bond donors (Lipinski definition) is 1. The van der Waals surface area contributed by atoms with E-state index in [1.54, 1.807) is 19.9 Å². The van der Waals surface area contributed by atoms with Crippen LogP contribution in [0.2, 0.25) is 0 Å². The highest BCUT2D eigenvalue weighted by Crippen LogP contribution is 2.50. The van der Waals surface area contributed by atoms with Crippen LogP contribution < -0.4 is 29.0 Å². The number of carbonyl (C=O) groups is 2. The third kappa shape index (κ3) is 5.61. The first kappa shape index (κ1) is 29.2. The van der Waals surface area contributed by atoms with Gasteiger partial charge in [-0.15, -0.1) is 8.78 Å². The molecule has 3 heterocycles. The number of hydrogen-bond acceptors (Lipinski definition) is 8. The van der Waals surface area contributed by atoms with Gasteiger partial charge in [-0.3, -0.25) is 9.59 Å². The minimum absolute atomic E-state index is 0.0467. The van der Waals surface area contributed by atoms with Gasteiger partial charge in [0, 0.05) is 29.7 Å². The van der Waals surface area contributed by atoms with Crippen LogP contribution in [0.15, 0.2) is 30.3 Å². The molecule has 0 unspecified atom stereocenters. The van der Waals surface area contributed by atoms with Crippen molar-refractivity contribution in [1.29, 1.82) is 0 Å². The summed E-state index contributed by atoms with van der Waals surface area (Å²) in [6, 6.07) is 6.38. The van der Waals surface area contributed by atoms with Gasteiger partial charge in [0.25, 0.3) is 0 Å². The van der Waals surface area contributed by atoms with E-state index in [2.05, 4.69) is 19.5 Å². The third-order valence-electron chi connectivity index (χ3n) is 8.67. The molecule has 3 atom stereocenters. The zero-order valence-corrected chi connectivity index (χ0v) is 23.5. The van der Waals surface area contributed by atoms with Crippen LogP contribution in [0.5, 0.6) is 28.7 Å². The van der Waals surface area contributed by atoms with E-state index in [9.17, 15) is 27.2 Å². The predicted molar refractivity (Wildman–Crippen MR) is 141 cm³/mol. The molecular formula is C30H31F4NO8. The summed E-state index contributed by atoms with van der Waals surface area (Å²) in [6.07, 6.45) is -1.17. The van der Waals surface area contributed by atoms with Gasteiger partial charge in [-0.1, -0.05) is 0 Å². The molecule has 1 aliphatic carbocycles. The van der Waals surface area contributed by atoms with Gasteiger partial charge >= 0.3 is 18.9 Å². The summed E-state index contributed by atoms with van der Waals surface area (Å²) in [6.45, 7) is 0.648. The summed E-state index contributed by atoms with van der Waals surface area (Å²) >= 11 is 0. The van der Waals surface area contributed by atoms with Gasteiger partial charge in [0.05, 0.1) is 18.6 Å². The minimum atomic E-state index is -3.82. The summed E-state index contributed by atoms with van der Waals surface area (Å²) in [5.41, 5.74) is -0.304. The van der Waals surface area contributed by atoms with Crippen LogP contribution in [0.3, 0.4) is 0 Å². The number of halogens is 4. The van der Waals surface area contributed by atoms with Gasteiger partial charge in [-0.25, -0.2) is 0 Å². The predicted octanol–water partition coefficient (Wildman–Crippen LogP) is 5.64. The zero-order valence-electron chi connectivity index (χ0n) is 23.5. The van der Waals surface area contributed by atoms with Gasteiger partial charge in [-0.05, 0) is 63.6 Å². The molecule has 1 fully saturated rings. The molecule has 13 heteroatoms. The number of ether oxygens (including phenoxy) is 6. The van der Waals surface area contributed by atoms with Crippen molar-refractivity contribution in [2.45, 2.75) is 76.4 Å². The highest BCUT2D eigenvalue weighted by Gasteiger charge is 2.49. The van der Waals surface area contributed by atoms with Gasteiger partial charge in [0.2, 0.25) is 5.91 Å². The third-order valence-corrected chi connectivity index (χ3v) is 8.67. The highest BCUT2D eigenvalue weighted by molar-refractivity contribution is 5.90. The Labute approximate surface area is 244 Å². The number of benzene rings is 2. The molecule has 1 N–H and O–H groups in total. The van der Waals surface area contributed by atoms with Gasteiger partial charge in [0.15, 0.2) is 11.5 Å². The second-order valence-electron chi connectivity index (χ2n) is 11.4. The molecule has 3 aliphatic heterocycles. The van der Waals surface area contributed by atoms with Crippen molar-refractivity contribution in [3.05, 3.63) is 41.5 Å². The molecular weight excluding hydrogens is 578 g/mol. The van der Waals surface area contributed by atoms with E-state index in [-0.39, 0.29) is 53.5 Å². The molecule has 1 amide bonds. The van der Waals surface area contributed by atoms with Gasteiger partial charge < -0.3 is 33.7 Å². The maximum absolute atomic E-state index is 13.9. The van der Waals surface area contributed by atoms with E-state index >= 15 is 0 Å². The molecule has 9 nitrogen and oxygen atoms in total. The van der Waals surface area contributed by atoms with Crippen molar-refractivity contribution in [1.82, 2.24) is 5.32 Å². The number of fused-ring (bicyclic) bond motifs is 3. The van der Waals surface area contributed by atoms with E-state index in [1.165, 1.54) is 24.3 Å². The number of esters is 1. The van der Waals surface area contributed by atoms with Crippen molar-refractivity contribution < 1.29 is 55.6 Å². The van der Waals surface area contributed by atoms with E-state index < -0.39 is 30.3 Å². The molecule has 0 aromatic heterocycles. The lowest BCUT2D eigenvalue weighted by Crippen LogP contribution is -2.47. The molecule has 6 rings (SSSR count). The van der Waals surface area contributed by atoms with E-state index in [4.69, 9.17) is 14.2 Å². The Morgan fingerprint density at radius 1 is 1.02 bits per heavy atom.